The highest BCUT2D eigenvalue weighted by Gasteiger charge is 2.44. The molecule has 0 spiro atoms. The van der Waals surface area contributed by atoms with Gasteiger partial charge in [0.2, 0.25) is 0 Å². The van der Waals surface area contributed by atoms with E-state index in [9.17, 15) is 0 Å². The number of methoxy groups -OCH3 is 1. The SMILES string of the molecule is COC(CCCCCOC1CCCCO1)(Sc1ccccc1)[Si](C)(C)C. The van der Waals surface area contributed by atoms with Gasteiger partial charge in [0.15, 0.2) is 6.29 Å². The second kappa shape index (κ2) is 10.9. The molecule has 26 heavy (non-hydrogen) atoms. The molecule has 1 aliphatic rings. The van der Waals surface area contributed by atoms with Crippen molar-refractivity contribution in [2.24, 2.45) is 0 Å². The van der Waals surface area contributed by atoms with Crippen LogP contribution in [0.2, 0.25) is 19.6 Å². The average molecular weight is 397 g/mol. The van der Waals surface area contributed by atoms with Crippen molar-refractivity contribution in [2.45, 2.75) is 80.3 Å². The number of rotatable bonds is 11. The Balaban J connectivity index is 1.79. The molecule has 3 nitrogen and oxygen atoms in total. The highest BCUT2D eigenvalue weighted by molar-refractivity contribution is 8.02. The number of unbranched alkanes of at least 4 members (excludes halogenated alkanes) is 2. The topological polar surface area (TPSA) is 27.7 Å². The van der Waals surface area contributed by atoms with E-state index in [1.54, 1.807) is 0 Å². The third kappa shape index (κ3) is 6.68. The molecule has 0 aliphatic carbocycles. The minimum absolute atomic E-state index is 0.0393. The van der Waals surface area contributed by atoms with Crippen LogP contribution in [0, 0.1) is 0 Å². The predicted octanol–water partition coefficient (Wildman–Crippen LogP) is 6.10. The Morgan fingerprint density at radius 2 is 1.88 bits per heavy atom. The average Bonchev–Trinajstić information content (AvgIpc) is 2.64. The highest BCUT2D eigenvalue weighted by Crippen LogP contribution is 2.44. The first-order chi connectivity index (χ1) is 12.5. The molecule has 0 radical (unpaired) electrons. The molecule has 5 heteroatoms. The molecule has 0 bridgehead atoms. The number of thioether (sulfide) groups is 1. The molecule has 0 amide bonds. The first kappa shape index (κ1) is 22.0. The Morgan fingerprint density at radius 3 is 2.50 bits per heavy atom. The van der Waals surface area contributed by atoms with Crippen LogP contribution in [0.3, 0.4) is 0 Å². The fraction of sp³-hybridized carbons (Fsp3) is 0.714. The van der Waals surface area contributed by atoms with Gasteiger partial charge in [-0.1, -0.05) is 56.0 Å². The summed E-state index contributed by atoms with van der Waals surface area (Å²) in [6, 6.07) is 10.7. The Kier molecular flexibility index (Phi) is 9.17. The summed E-state index contributed by atoms with van der Waals surface area (Å²) < 4.78 is 17.6. The van der Waals surface area contributed by atoms with Gasteiger partial charge in [-0.2, -0.15) is 0 Å². The molecule has 1 heterocycles. The molecule has 2 unspecified atom stereocenters. The van der Waals surface area contributed by atoms with Crippen molar-refractivity contribution in [1.29, 1.82) is 0 Å². The minimum atomic E-state index is -1.53. The molecular weight excluding hydrogens is 360 g/mol. The van der Waals surface area contributed by atoms with Crippen molar-refractivity contribution in [1.82, 2.24) is 0 Å². The van der Waals surface area contributed by atoms with Crippen LogP contribution in [0.1, 0.15) is 44.9 Å². The second-order valence-corrected chi connectivity index (χ2v) is 15.1. The van der Waals surface area contributed by atoms with Gasteiger partial charge in [-0.05, 0) is 50.7 Å². The summed E-state index contributed by atoms with van der Waals surface area (Å²) in [6.45, 7) is 8.90. The molecule has 148 valence electrons. The molecule has 1 fully saturated rings. The van der Waals surface area contributed by atoms with Crippen LogP contribution in [0.25, 0.3) is 0 Å². The molecule has 1 aromatic carbocycles. The smallest absolute Gasteiger partial charge is 0.157 e. The number of hydrogen-bond donors (Lipinski definition) is 0. The molecule has 0 N–H and O–H groups in total. The first-order valence-corrected chi connectivity index (χ1v) is 14.3. The molecule has 2 atom stereocenters. The summed E-state index contributed by atoms with van der Waals surface area (Å²) in [5, 5.41) is 0. The van der Waals surface area contributed by atoms with E-state index in [1.165, 1.54) is 30.6 Å². The van der Waals surface area contributed by atoms with Crippen molar-refractivity contribution < 1.29 is 14.2 Å². The summed E-state index contributed by atoms with van der Waals surface area (Å²) in [5.41, 5.74) is 0. The fourth-order valence-corrected chi connectivity index (χ4v) is 7.52. The molecule has 1 aliphatic heterocycles. The Morgan fingerprint density at radius 1 is 1.12 bits per heavy atom. The lowest BCUT2D eigenvalue weighted by molar-refractivity contribution is -0.162. The van der Waals surface area contributed by atoms with E-state index < -0.39 is 8.07 Å². The summed E-state index contributed by atoms with van der Waals surface area (Å²) in [5.74, 6) is 0. The van der Waals surface area contributed by atoms with Crippen molar-refractivity contribution >= 4 is 19.8 Å². The van der Waals surface area contributed by atoms with E-state index in [1.807, 2.05) is 18.9 Å². The van der Waals surface area contributed by atoms with E-state index in [2.05, 4.69) is 50.0 Å². The zero-order chi connectivity index (χ0) is 18.9. The van der Waals surface area contributed by atoms with Crippen LogP contribution < -0.4 is 0 Å². The van der Waals surface area contributed by atoms with Crippen LogP contribution in [0.4, 0.5) is 0 Å². The Bertz CT molecular complexity index is 500. The maximum absolute atomic E-state index is 6.18. The van der Waals surface area contributed by atoms with Crippen molar-refractivity contribution in [3.63, 3.8) is 0 Å². The molecule has 2 rings (SSSR count). The summed E-state index contributed by atoms with van der Waals surface area (Å²) >= 11 is 1.92. The van der Waals surface area contributed by atoms with Gasteiger partial charge in [0.1, 0.15) is 4.56 Å². The van der Waals surface area contributed by atoms with Crippen molar-refractivity contribution in [3.05, 3.63) is 30.3 Å². The van der Waals surface area contributed by atoms with Gasteiger partial charge in [-0.15, -0.1) is 0 Å². The Labute approximate surface area is 165 Å². The second-order valence-electron chi connectivity index (χ2n) is 8.10. The van der Waals surface area contributed by atoms with Crippen LogP contribution in [-0.4, -0.2) is 39.2 Å². The number of benzene rings is 1. The van der Waals surface area contributed by atoms with E-state index in [0.29, 0.717) is 0 Å². The minimum Gasteiger partial charge on any atom is -0.371 e. The quantitative estimate of drug-likeness (QED) is 0.195. The first-order valence-electron chi connectivity index (χ1n) is 9.99. The zero-order valence-corrected chi connectivity index (χ0v) is 18.8. The Hall–Kier alpha value is -0.333. The van der Waals surface area contributed by atoms with E-state index in [0.717, 1.165) is 32.5 Å². The molecular formula is C21H36O3SSi. The molecule has 1 aromatic rings. The number of hydrogen-bond acceptors (Lipinski definition) is 4. The fourth-order valence-electron chi connectivity index (χ4n) is 3.40. The van der Waals surface area contributed by atoms with Gasteiger partial charge >= 0.3 is 0 Å². The van der Waals surface area contributed by atoms with Crippen molar-refractivity contribution in [2.75, 3.05) is 20.3 Å². The maximum atomic E-state index is 6.18. The summed E-state index contributed by atoms with van der Waals surface area (Å²) in [4.78, 5) is 1.30. The number of ether oxygens (including phenoxy) is 3. The molecule has 0 saturated carbocycles. The van der Waals surface area contributed by atoms with Gasteiger partial charge in [0.05, 0.1) is 8.07 Å². The van der Waals surface area contributed by atoms with Gasteiger partial charge in [-0.3, -0.25) is 0 Å². The monoisotopic (exact) mass is 396 g/mol. The predicted molar refractivity (Wildman–Crippen MR) is 113 cm³/mol. The lowest BCUT2D eigenvalue weighted by Crippen LogP contribution is -2.51. The molecule has 1 saturated heterocycles. The normalized spacial score (nSPS) is 20.7. The molecule has 0 aromatic heterocycles. The van der Waals surface area contributed by atoms with Gasteiger partial charge < -0.3 is 14.2 Å². The van der Waals surface area contributed by atoms with Crippen LogP contribution in [0.15, 0.2) is 35.2 Å². The van der Waals surface area contributed by atoms with Crippen LogP contribution >= 0.6 is 11.8 Å². The van der Waals surface area contributed by atoms with Gasteiger partial charge in [0.25, 0.3) is 0 Å². The van der Waals surface area contributed by atoms with Gasteiger partial charge in [0, 0.05) is 25.2 Å². The largest absolute Gasteiger partial charge is 0.371 e. The van der Waals surface area contributed by atoms with Crippen LogP contribution in [-0.2, 0) is 14.2 Å². The van der Waals surface area contributed by atoms with Gasteiger partial charge in [-0.25, -0.2) is 0 Å². The van der Waals surface area contributed by atoms with Crippen molar-refractivity contribution in [3.8, 4) is 0 Å². The standard InChI is InChI=1S/C21H36O3SSi/c1-22-21(26(2,3)4,25-19-13-7-5-8-14-19)16-10-6-11-17-23-20-15-9-12-18-24-20/h5,7-8,13-14,20H,6,9-12,15-18H2,1-4H3. The lowest BCUT2D eigenvalue weighted by Gasteiger charge is -2.42. The van der Waals surface area contributed by atoms with E-state index >= 15 is 0 Å². The van der Waals surface area contributed by atoms with E-state index in [4.69, 9.17) is 14.2 Å². The third-order valence-corrected chi connectivity index (χ3v) is 11.2. The lowest BCUT2D eigenvalue weighted by atomic mass is 10.2. The van der Waals surface area contributed by atoms with Crippen LogP contribution in [0.5, 0.6) is 0 Å². The zero-order valence-electron chi connectivity index (χ0n) is 17.0. The summed E-state index contributed by atoms with van der Waals surface area (Å²) in [6.07, 6.45) is 8.04. The highest BCUT2D eigenvalue weighted by atomic mass is 32.2. The third-order valence-electron chi connectivity index (χ3n) is 5.09. The maximum Gasteiger partial charge on any atom is 0.157 e. The summed E-state index contributed by atoms with van der Waals surface area (Å²) in [7, 11) is 0.361. The van der Waals surface area contributed by atoms with E-state index in [-0.39, 0.29) is 10.8 Å².